The van der Waals surface area contributed by atoms with Gasteiger partial charge in [0, 0.05) is 23.1 Å². The van der Waals surface area contributed by atoms with Crippen molar-refractivity contribution in [1.82, 2.24) is 4.98 Å². The highest BCUT2D eigenvalue weighted by Gasteiger charge is 2.14. The minimum atomic E-state index is -0.862. The molecule has 3 aromatic carbocycles. The first-order valence-electron chi connectivity index (χ1n) is 9.46. The highest BCUT2D eigenvalue weighted by atomic mass is 19.1. The Hall–Kier alpha value is -4.00. The maximum Gasteiger partial charge on any atom is 0.262 e. The molecule has 0 fully saturated rings. The molecule has 1 aromatic heterocycles. The van der Waals surface area contributed by atoms with Crippen LogP contribution in [0.15, 0.2) is 72.8 Å². The standard InChI is InChI=1S/C24H18F2N2O3/c1-30-21-9-5-8-17-22(13-20(28-24(17)21)15-6-3-2-4-7-15)31-14-23(29)27-19-11-10-16(25)12-18(19)26/h2-13H,14H2,1H3,(H,27,29). The number of carbonyl (C=O) groups excluding carboxylic acids is 1. The molecule has 0 saturated carbocycles. The van der Waals surface area contributed by atoms with E-state index in [1.807, 2.05) is 36.4 Å². The number of nitrogens with one attached hydrogen (secondary N) is 1. The van der Waals surface area contributed by atoms with E-state index in [1.54, 1.807) is 25.3 Å². The van der Waals surface area contributed by atoms with Gasteiger partial charge in [0.25, 0.3) is 5.91 Å². The second-order valence-electron chi connectivity index (χ2n) is 6.69. The van der Waals surface area contributed by atoms with Crippen molar-refractivity contribution in [3.63, 3.8) is 0 Å². The van der Waals surface area contributed by atoms with Gasteiger partial charge in [-0.2, -0.15) is 0 Å². The van der Waals surface area contributed by atoms with Crippen LogP contribution in [0.2, 0.25) is 0 Å². The largest absolute Gasteiger partial charge is 0.494 e. The zero-order chi connectivity index (χ0) is 21.8. The summed E-state index contributed by atoms with van der Waals surface area (Å²) in [4.78, 5) is 17.0. The minimum Gasteiger partial charge on any atom is -0.494 e. The van der Waals surface area contributed by atoms with Crippen molar-refractivity contribution in [2.45, 2.75) is 0 Å². The Kier molecular flexibility index (Phi) is 5.75. The Bertz CT molecular complexity index is 1250. The third-order valence-electron chi connectivity index (χ3n) is 4.62. The molecule has 4 rings (SSSR count). The fourth-order valence-electron chi connectivity index (χ4n) is 3.15. The molecule has 1 N–H and O–H groups in total. The van der Waals surface area contributed by atoms with Crippen molar-refractivity contribution in [2.75, 3.05) is 19.0 Å². The van der Waals surface area contributed by atoms with E-state index in [0.29, 0.717) is 34.2 Å². The number of aromatic nitrogens is 1. The number of halogens is 2. The summed E-state index contributed by atoms with van der Waals surface area (Å²) < 4.78 is 38.0. The fraction of sp³-hybridized carbons (Fsp3) is 0.0833. The molecule has 0 bridgehead atoms. The third-order valence-corrected chi connectivity index (χ3v) is 4.62. The van der Waals surface area contributed by atoms with Gasteiger partial charge in [-0.1, -0.05) is 36.4 Å². The number of benzene rings is 3. The van der Waals surface area contributed by atoms with E-state index >= 15 is 0 Å². The van der Waals surface area contributed by atoms with Crippen molar-refractivity contribution in [3.8, 4) is 22.8 Å². The molecular weight excluding hydrogens is 402 g/mol. The van der Waals surface area contributed by atoms with E-state index in [9.17, 15) is 13.6 Å². The highest BCUT2D eigenvalue weighted by Crippen LogP contribution is 2.34. The number of methoxy groups -OCH3 is 1. The van der Waals surface area contributed by atoms with Gasteiger partial charge in [0.1, 0.15) is 28.7 Å². The Balaban J connectivity index is 1.64. The Morgan fingerprint density at radius 3 is 2.52 bits per heavy atom. The monoisotopic (exact) mass is 420 g/mol. The lowest BCUT2D eigenvalue weighted by Gasteiger charge is -2.13. The summed E-state index contributed by atoms with van der Waals surface area (Å²) in [6.07, 6.45) is 0. The number of amides is 1. The minimum absolute atomic E-state index is 0.124. The number of para-hydroxylation sites is 1. The number of fused-ring (bicyclic) bond motifs is 1. The quantitative estimate of drug-likeness (QED) is 0.465. The van der Waals surface area contributed by atoms with E-state index in [0.717, 1.165) is 17.7 Å². The van der Waals surface area contributed by atoms with E-state index in [4.69, 9.17) is 14.5 Å². The van der Waals surface area contributed by atoms with Crippen molar-refractivity contribution in [3.05, 3.63) is 84.4 Å². The van der Waals surface area contributed by atoms with Crippen LogP contribution in [0.3, 0.4) is 0 Å². The lowest BCUT2D eigenvalue weighted by Crippen LogP contribution is -2.21. The zero-order valence-electron chi connectivity index (χ0n) is 16.6. The fourth-order valence-corrected chi connectivity index (χ4v) is 3.15. The molecule has 0 saturated heterocycles. The van der Waals surface area contributed by atoms with Crippen LogP contribution in [0.1, 0.15) is 0 Å². The molecule has 0 aliphatic rings. The van der Waals surface area contributed by atoms with Crippen LogP contribution >= 0.6 is 0 Å². The van der Waals surface area contributed by atoms with Crippen LogP contribution in [-0.2, 0) is 4.79 Å². The first kappa shape index (κ1) is 20.3. The van der Waals surface area contributed by atoms with Gasteiger partial charge < -0.3 is 14.8 Å². The zero-order valence-corrected chi connectivity index (χ0v) is 16.6. The third kappa shape index (κ3) is 4.45. The number of ether oxygens (including phenoxy) is 2. The second kappa shape index (κ2) is 8.79. The van der Waals surface area contributed by atoms with Crippen LogP contribution in [0.25, 0.3) is 22.2 Å². The second-order valence-corrected chi connectivity index (χ2v) is 6.69. The first-order valence-corrected chi connectivity index (χ1v) is 9.46. The molecule has 5 nitrogen and oxygen atoms in total. The van der Waals surface area contributed by atoms with Gasteiger partial charge in [-0.15, -0.1) is 0 Å². The molecule has 0 unspecified atom stereocenters. The molecule has 1 amide bonds. The topological polar surface area (TPSA) is 60.5 Å². The van der Waals surface area contributed by atoms with Gasteiger partial charge in [-0.25, -0.2) is 13.8 Å². The van der Waals surface area contributed by atoms with Crippen molar-refractivity contribution < 1.29 is 23.0 Å². The molecule has 4 aromatic rings. The number of pyridine rings is 1. The predicted octanol–water partition coefficient (Wildman–Crippen LogP) is 5.21. The number of rotatable bonds is 6. The number of nitrogens with zero attached hydrogens (tertiary/aromatic N) is 1. The van der Waals surface area contributed by atoms with Crippen LogP contribution < -0.4 is 14.8 Å². The Labute approximate surface area is 177 Å². The normalized spacial score (nSPS) is 10.7. The van der Waals surface area contributed by atoms with Gasteiger partial charge in [-0.3, -0.25) is 4.79 Å². The molecule has 31 heavy (non-hydrogen) atoms. The summed E-state index contributed by atoms with van der Waals surface area (Å²) in [5, 5.41) is 3.05. The van der Waals surface area contributed by atoms with Crippen LogP contribution in [0.4, 0.5) is 14.5 Å². The summed E-state index contributed by atoms with van der Waals surface area (Å²) in [5.41, 5.74) is 1.99. The maximum absolute atomic E-state index is 13.8. The molecule has 1 heterocycles. The van der Waals surface area contributed by atoms with Crippen LogP contribution in [0, 0.1) is 11.6 Å². The molecule has 0 aliphatic heterocycles. The number of carbonyl (C=O) groups is 1. The molecular formula is C24H18F2N2O3. The molecule has 156 valence electrons. The summed E-state index contributed by atoms with van der Waals surface area (Å²) in [6, 6.07) is 19.6. The van der Waals surface area contributed by atoms with E-state index in [1.165, 1.54) is 0 Å². The molecule has 0 spiro atoms. The Morgan fingerprint density at radius 2 is 1.77 bits per heavy atom. The smallest absolute Gasteiger partial charge is 0.262 e. The maximum atomic E-state index is 13.8. The molecule has 7 heteroatoms. The van der Waals surface area contributed by atoms with Crippen molar-refractivity contribution in [2.24, 2.45) is 0 Å². The summed E-state index contributed by atoms with van der Waals surface area (Å²) in [5.74, 6) is -1.17. The SMILES string of the molecule is COc1cccc2c(OCC(=O)Nc3ccc(F)cc3F)cc(-c3ccccc3)nc12. The number of hydrogen-bond donors (Lipinski definition) is 1. The van der Waals surface area contributed by atoms with Gasteiger partial charge in [0.05, 0.1) is 18.5 Å². The van der Waals surface area contributed by atoms with E-state index in [-0.39, 0.29) is 12.3 Å². The molecule has 0 aliphatic carbocycles. The van der Waals surface area contributed by atoms with Crippen molar-refractivity contribution in [1.29, 1.82) is 0 Å². The van der Waals surface area contributed by atoms with E-state index < -0.39 is 17.5 Å². The summed E-state index contributed by atoms with van der Waals surface area (Å²) >= 11 is 0. The van der Waals surface area contributed by atoms with E-state index in [2.05, 4.69) is 5.32 Å². The number of anilines is 1. The van der Waals surface area contributed by atoms with Gasteiger partial charge >= 0.3 is 0 Å². The summed E-state index contributed by atoms with van der Waals surface area (Å²) in [7, 11) is 1.55. The lowest BCUT2D eigenvalue weighted by atomic mass is 10.1. The first-order chi connectivity index (χ1) is 15.0. The van der Waals surface area contributed by atoms with Crippen LogP contribution in [0.5, 0.6) is 11.5 Å². The molecule has 0 radical (unpaired) electrons. The highest BCUT2D eigenvalue weighted by molar-refractivity contribution is 5.94. The van der Waals surface area contributed by atoms with Gasteiger partial charge in [0.15, 0.2) is 6.61 Å². The number of hydrogen-bond acceptors (Lipinski definition) is 4. The average Bonchev–Trinajstić information content (AvgIpc) is 2.79. The van der Waals surface area contributed by atoms with Gasteiger partial charge in [0.2, 0.25) is 0 Å². The molecule has 0 atom stereocenters. The average molecular weight is 420 g/mol. The Morgan fingerprint density at radius 1 is 0.968 bits per heavy atom. The van der Waals surface area contributed by atoms with Crippen molar-refractivity contribution >= 4 is 22.5 Å². The van der Waals surface area contributed by atoms with Gasteiger partial charge in [-0.05, 0) is 24.3 Å². The predicted molar refractivity (Wildman–Crippen MR) is 114 cm³/mol. The summed E-state index contributed by atoms with van der Waals surface area (Å²) in [6.45, 7) is -0.374. The van der Waals surface area contributed by atoms with Crippen LogP contribution in [-0.4, -0.2) is 24.6 Å². The lowest BCUT2D eigenvalue weighted by molar-refractivity contribution is -0.118.